The number of carbonyl (C=O) groups is 1. The molecule has 0 aromatic carbocycles. The largest absolute Gasteiger partial charge is 0.397 e. The molecule has 4 nitrogen and oxygen atoms in total. The Morgan fingerprint density at radius 1 is 1.59 bits per heavy atom. The first-order chi connectivity index (χ1) is 8.13. The van der Waals surface area contributed by atoms with Gasteiger partial charge in [-0.3, -0.25) is 9.78 Å². The minimum absolute atomic E-state index is 0.0756. The third-order valence-corrected chi connectivity index (χ3v) is 3.05. The highest BCUT2D eigenvalue weighted by atomic mass is 16.2. The number of rotatable bonds is 4. The van der Waals surface area contributed by atoms with Crippen molar-refractivity contribution in [1.82, 2.24) is 9.88 Å². The molecular weight excluding hydrogens is 214 g/mol. The third-order valence-electron chi connectivity index (χ3n) is 3.05. The molecule has 0 bridgehead atoms. The Balaban J connectivity index is 2.24. The minimum Gasteiger partial charge on any atom is -0.397 e. The Labute approximate surface area is 102 Å². The molecule has 2 N–H and O–H groups in total. The lowest BCUT2D eigenvalue weighted by Crippen LogP contribution is -2.34. The van der Waals surface area contributed by atoms with E-state index < -0.39 is 0 Å². The van der Waals surface area contributed by atoms with Gasteiger partial charge >= 0.3 is 0 Å². The van der Waals surface area contributed by atoms with Gasteiger partial charge in [0, 0.05) is 12.6 Å². The van der Waals surface area contributed by atoms with Crippen molar-refractivity contribution in [2.75, 3.05) is 12.3 Å². The zero-order valence-corrected chi connectivity index (χ0v) is 10.4. The van der Waals surface area contributed by atoms with E-state index >= 15 is 0 Å². The highest BCUT2D eigenvalue weighted by Crippen LogP contribution is 2.29. The summed E-state index contributed by atoms with van der Waals surface area (Å²) in [6, 6.07) is 2.17. The SMILES string of the molecule is CCCN(C(=O)c1cc(N)cnc1C)C1CC1. The van der Waals surface area contributed by atoms with E-state index in [2.05, 4.69) is 11.9 Å². The number of nitrogens with two attached hydrogens (primary N) is 1. The van der Waals surface area contributed by atoms with Gasteiger partial charge in [-0.05, 0) is 32.3 Å². The lowest BCUT2D eigenvalue weighted by molar-refractivity contribution is 0.0742. The van der Waals surface area contributed by atoms with Crippen LogP contribution in [0.2, 0.25) is 0 Å². The summed E-state index contributed by atoms with van der Waals surface area (Å²) < 4.78 is 0. The van der Waals surface area contributed by atoms with Crippen LogP contribution in [0.4, 0.5) is 5.69 Å². The summed E-state index contributed by atoms with van der Waals surface area (Å²) in [7, 11) is 0. The molecule has 1 aromatic rings. The Bertz CT molecular complexity index is 427. The van der Waals surface area contributed by atoms with Crippen LogP contribution in [-0.2, 0) is 0 Å². The van der Waals surface area contributed by atoms with E-state index in [-0.39, 0.29) is 5.91 Å². The smallest absolute Gasteiger partial charge is 0.256 e. The zero-order valence-electron chi connectivity index (χ0n) is 10.4. The van der Waals surface area contributed by atoms with Gasteiger partial charge in [0.2, 0.25) is 0 Å². The summed E-state index contributed by atoms with van der Waals surface area (Å²) in [6.07, 6.45) is 4.82. The fraction of sp³-hybridized carbons (Fsp3) is 0.538. The molecule has 1 aliphatic carbocycles. The van der Waals surface area contributed by atoms with Gasteiger partial charge < -0.3 is 10.6 Å². The molecule has 1 heterocycles. The lowest BCUT2D eigenvalue weighted by atomic mass is 10.1. The number of carbonyl (C=O) groups excluding carboxylic acids is 1. The van der Waals surface area contributed by atoms with Gasteiger partial charge in [0.25, 0.3) is 5.91 Å². The van der Waals surface area contributed by atoms with Gasteiger partial charge in [-0.15, -0.1) is 0 Å². The molecule has 0 aliphatic heterocycles. The molecule has 0 radical (unpaired) electrons. The van der Waals surface area contributed by atoms with Crippen molar-refractivity contribution in [3.63, 3.8) is 0 Å². The molecule has 2 rings (SSSR count). The van der Waals surface area contributed by atoms with Crippen LogP contribution >= 0.6 is 0 Å². The first kappa shape index (κ1) is 11.9. The van der Waals surface area contributed by atoms with E-state index in [1.165, 1.54) is 0 Å². The topological polar surface area (TPSA) is 59.2 Å². The monoisotopic (exact) mass is 233 g/mol. The standard InChI is InChI=1S/C13H19N3O/c1-3-6-16(11-4-5-11)13(17)12-7-10(14)8-15-9(12)2/h7-8,11H,3-6,14H2,1-2H3. The number of nitrogen functional groups attached to an aromatic ring is 1. The summed E-state index contributed by atoms with van der Waals surface area (Å²) in [5, 5.41) is 0. The number of nitrogens with zero attached hydrogens (tertiary/aromatic N) is 2. The lowest BCUT2D eigenvalue weighted by Gasteiger charge is -2.22. The molecule has 1 aromatic heterocycles. The highest BCUT2D eigenvalue weighted by Gasteiger charge is 2.33. The summed E-state index contributed by atoms with van der Waals surface area (Å²) in [5.74, 6) is 0.0756. The van der Waals surface area contributed by atoms with Crippen LogP contribution in [0.15, 0.2) is 12.3 Å². The molecule has 0 spiro atoms. The van der Waals surface area contributed by atoms with Crippen LogP contribution in [0.5, 0.6) is 0 Å². The Hall–Kier alpha value is -1.58. The van der Waals surface area contributed by atoms with Crippen LogP contribution in [0, 0.1) is 6.92 Å². The third kappa shape index (κ3) is 2.57. The molecule has 1 fully saturated rings. The quantitative estimate of drug-likeness (QED) is 0.865. The summed E-state index contributed by atoms with van der Waals surface area (Å²) in [4.78, 5) is 18.5. The molecular formula is C13H19N3O. The van der Waals surface area contributed by atoms with Crippen LogP contribution in [0.25, 0.3) is 0 Å². The number of hydrogen-bond donors (Lipinski definition) is 1. The second-order valence-electron chi connectivity index (χ2n) is 4.63. The first-order valence-electron chi connectivity index (χ1n) is 6.16. The Kier molecular flexibility index (Phi) is 3.31. The normalized spacial score (nSPS) is 14.7. The van der Waals surface area contributed by atoms with E-state index in [9.17, 15) is 4.79 Å². The maximum absolute atomic E-state index is 12.4. The van der Waals surface area contributed by atoms with E-state index in [1.807, 2.05) is 11.8 Å². The van der Waals surface area contributed by atoms with Gasteiger partial charge in [-0.1, -0.05) is 6.92 Å². The van der Waals surface area contributed by atoms with Crippen molar-refractivity contribution in [1.29, 1.82) is 0 Å². The molecule has 17 heavy (non-hydrogen) atoms. The molecule has 1 amide bonds. The molecule has 4 heteroatoms. The van der Waals surface area contributed by atoms with Crippen LogP contribution in [0.3, 0.4) is 0 Å². The molecule has 0 unspecified atom stereocenters. The van der Waals surface area contributed by atoms with Crippen molar-refractivity contribution >= 4 is 11.6 Å². The number of pyridine rings is 1. The predicted molar refractivity (Wildman–Crippen MR) is 67.7 cm³/mol. The number of anilines is 1. The minimum atomic E-state index is 0.0756. The van der Waals surface area contributed by atoms with Crippen LogP contribution in [0.1, 0.15) is 42.2 Å². The molecule has 1 aliphatic rings. The van der Waals surface area contributed by atoms with Gasteiger partial charge in [0.1, 0.15) is 0 Å². The maximum Gasteiger partial charge on any atom is 0.256 e. The van der Waals surface area contributed by atoms with Crippen molar-refractivity contribution in [2.45, 2.75) is 39.2 Å². The average Bonchev–Trinajstić information content (AvgIpc) is 3.12. The fourth-order valence-corrected chi connectivity index (χ4v) is 2.00. The molecule has 1 saturated carbocycles. The van der Waals surface area contributed by atoms with E-state index in [1.54, 1.807) is 12.3 Å². The van der Waals surface area contributed by atoms with Crippen molar-refractivity contribution < 1.29 is 4.79 Å². The summed E-state index contributed by atoms with van der Waals surface area (Å²) >= 11 is 0. The van der Waals surface area contributed by atoms with Crippen LogP contribution < -0.4 is 5.73 Å². The van der Waals surface area contributed by atoms with Crippen molar-refractivity contribution in [3.8, 4) is 0 Å². The molecule has 0 saturated heterocycles. The maximum atomic E-state index is 12.4. The van der Waals surface area contributed by atoms with Crippen LogP contribution in [-0.4, -0.2) is 28.4 Å². The van der Waals surface area contributed by atoms with Crippen molar-refractivity contribution in [2.24, 2.45) is 0 Å². The van der Waals surface area contributed by atoms with Crippen molar-refractivity contribution in [3.05, 3.63) is 23.5 Å². The number of amides is 1. The molecule has 0 atom stereocenters. The van der Waals surface area contributed by atoms with Gasteiger partial charge in [-0.2, -0.15) is 0 Å². The second-order valence-corrected chi connectivity index (χ2v) is 4.63. The Morgan fingerprint density at radius 2 is 2.29 bits per heavy atom. The predicted octanol–water partition coefficient (Wildman–Crippen LogP) is 1.99. The summed E-state index contributed by atoms with van der Waals surface area (Å²) in [5.41, 5.74) is 7.64. The van der Waals surface area contributed by atoms with Gasteiger partial charge in [-0.25, -0.2) is 0 Å². The van der Waals surface area contributed by atoms with Gasteiger partial charge in [0.05, 0.1) is 23.1 Å². The van der Waals surface area contributed by atoms with E-state index in [4.69, 9.17) is 5.73 Å². The first-order valence-corrected chi connectivity index (χ1v) is 6.16. The molecule has 92 valence electrons. The number of aromatic nitrogens is 1. The van der Waals surface area contributed by atoms with E-state index in [0.29, 0.717) is 17.3 Å². The fourth-order valence-electron chi connectivity index (χ4n) is 2.00. The van der Waals surface area contributed by atoms with Gasteiger partial charge in [0.15, 0.2) is 0 Å². The zero-order chi connectivity index (χ0) is 12.4. The average molecular weight is 233 g/mol. The highest BCUT2D eigenvalue weighted by molar-refractivity contribution is 5.96. The number of hydrogen-bond acceptors (Lipinski definition) is 3. The summed E-state index contributed by atoms with van der Waals surface area (Å²) in [6.45, 7) is 4.76. The second kappa shape index (κ2) is 4.73. The Morgan fingerprint density at radius 3 is 2.88 bits per heavy atom. The van der Waals surface area contributed by atoms with E-state index in [0.717, 1.165) is 31.5 Å². The number of aryl methyl sites for hydroxylation is 1.